The maximum absolute atomic E-state index is 11.2. The molecule has 0 saturated heterocycles. The van der Waals surface area contributed by atoms with Crippen LogP contribution in [0.4, 0.5) is 8.78 Å². The predicted octanol–water partition coefficient (Wildman–Crippen LogP) is 0.805. The molecule has 0 aromatic carbocycles. The Morgan fingerprint density at radius 2 is 1.33 bits per heavy atom. The summed E-state index contributed by atoms with van der Waals surface area (Å²) in [5.41, 5.74) is 0. The number of rotatable bonds is 6. The molecule has 0 aromatic heterocycles. The van der Waals surface area contributed by atoms with Crippen LogP contribution in [0.15, 0.2) is 0 Å². The van der Waals surface area contributed by atoms with Crippen molar-refractivity contribution in [3.63, 3.8) is 0 Å². The van der Waals surface area contributed by atoms with Crippen molar-refractivity contribution in [3.05, 3.63) is 0 Å². The van der Waals surface area contributed by atoms with Gasteiger partial charge < -0.3 is 0 Å². The van der Waals surface area contributed by atoms with E-state index in [1.807, 2.05) is 0 Å². The molecule has 0 spiro atoms. The molecule has 0 N–H and O–H groups in total. The molecule has 0 aliphatic heterocycles. The minimum Gasteiger partial charge on any atom is -0.248 e. The monoisotopic (exact) mass is 140 g/mol. The maximum Gasteiger partial charge on any atom is 0.116 e. The van der Waals surface area contributed by atoms with E-state index in [9.17, 15) is 8.78 Å². The smallest absolute Gasteiger partial charge is 0.116 e. The minimum atomic E-state index is -0.654. The molecule has 0 aromatic rings. The lowest BCUT2D eigenvalue weighted by atomic mass is 10.8. The van der Waals surface area contributed by atoms with Gasteiger partial charge in [0.2, 0.25) is 0 Å². The molecule has 5 heteroatoms. The van der Waals surface area contributed by atoms with E-state index in [0.717, 1.165) is 0 Å². The molecule has 9 heavy (non-hydrogen) atoms. The van der Waals surface area contributed by atoms with Crippen LogP contribution in [0, 0.1) is 0 Å². The average molecular weight is 140 g/mol. The zero-order valence-electron chi connectivity index (χ0n) is 4.81. The fourth-order valence-electron chi connectivity index (χ4n) is 0.165. The molecule has 0 atom stereocenters. The Hall–Kier alpha value is -0.260. The summed E-state index contributed by atoms with van der Waals surface area (Å²) in [5, 5.41) is 3.83. The van der Waals surface area contributed by atoms with E-state index in [-0.39, 0.29) is 13.2 Å². The molecule has 3 nitrogen and oxygen atoms in total. The quantitative estimate of drug-likeness (QED) is 0.310. The van der Waals surface area contributed by atoms with Crippen molar-refractivity contribution >= 4 is 0 Å². The van der Waals surface area contributed by atoms with Gasteiger partial charge in [0.05, 0.1) is 0 Å². The molecule has 0 radical (unpaired) electrons. The number of alkyl halides is 2. The summed E-state index contributed by atoms with van der Waals surface area (Å²) in [4.78, 5) is 8.04. The van der Waals surface area contributed by atoms with Crippen molar-refractivity contribution in [3.8, 4) is 0 Å². The summed E-state index contributed by atoms with van der Waals surface area (Å²) in [5.74, 6) is 0. The van der Waals surface area contributed by atoms with Crippen LogP contribution in [0.1, 0.15) is 0 Å². The molecule has 0 unspecified atom stereocenters. The predicted molar refractivity (Wildman–Crippen MR) is 24.9 cm³/mol. The van der Waals surface area contributed by atoms with Crippen LogP contribution in [0.5, 0.6) is 0 Å². The van der Waals surface area contributed by atoms with Crippen molar-refractivity contribution in [1.29, 1.82) is 0 Å². The second-order valence-electron chi connectivity index (χ2n) is 1.09. The molecule has 0 heterocycles. The van der Waals surface area contributed by atoms with Crippen molar-refractivity contribution in [2.45, 2.75) is 0 Å². The fraction of sp³-hybridized carbons (Fsp3) is 1.00. The summed E-state index contributed by atoms with van der Waals surface area (Å²) in [6.45, 7) is -1.71. The molecule has 0 aliphatic carbocycles. The van der Waals surface area contributed by atoms with Crippen LogP contribution in [-0.4, -0.2) is 26.6 Å². The van der Waals surface area contributed by atoms with E-state index < -0.39 is 13.3 Å². The zero-order chi connectivity index (χ0) is 6.95. The fourth-order valence-corrected chi connectivity index (χ4v) is 0.165. The molecular weight excluding hydrogens is 132 g/mol. The van der Waals surface area contributed by atoms with Gasteiger partial charge in [0.25, 0.3) is 0 Å². The Morgan fingerprint density at radius 1 is 0.889 bits per heavy atom. The molecule has 56 valence electrons. The first-order chi connectivity index (χ1) is 4.41. The van der Waals surface area contributed by atoms with E-state index >= 15 is 0 Å². The first kappa shape index (κ1) is 8.74. The van der Waals surface area contributed by atoms with Crippen molar-refractivity contribution in [2.75, 3.05) is 26.6 Å². The van der Waals surface area contributed by atoms with Crippen LogP contribution < -0.4 is 0 Å². The molecule has 0 amide bonds. The minimum absolute atomic E-state index is 0.202. The summed E-state index contributed by atoms with van der Waals surface area (Å²) < 4.78 is 22.3. The summed E-state index contributed by atoms with van der Waals surface area (Å²) >= 11 is 0. The van der Waals surface area contributed by atoms with Crippen LogP contribution in [0.2, 0.25) is 0 Å². The van der Waals surface area contributed by atoms with E-state index in [1.54, 1.807) is 0 Å². The van der Waals surface area contributed by atoms with Crippen molar-refractivity contribution < 1.29 is 23.6 Å². The molecule has 0 fully saturated rings. The van der Waals surface area contributed by atoms with Crippen LogP contribution in [-0.2, 0) is 14.8 Å². The molecule has 0 bridgehead atoms. The van der Waals surface area contributed by atoms with Gasteiger partial charge in [-0.1, -0.05) is 5.04 Å². The lowest BCUT2D eigenvalue weighted by Crippen LogP contribution is -2.01. The Kier molecular flexibility index (Phi) is 7.52. The second-order valence-corrected chi connectivity index (χ2v) is 1.09. The third-order valence-electron chi connectivity index (χ3n) is 0.417. The van der Waals surface area contributed by atoms with E-state index in [0.29, 0.717) is 0 Å². The maximum atomic E-state index is 11.2. The largest absolute Gasteiger partial charge is 0.248 e. The topological polar surface area (TPSA) is 27.7 Å². The third kappa shape index (κ3) is 7.74. The average Bonchev–Trinajstić information content (AvgIpc) is 1.89. The van der Waals surface area contributed by atoms with E-state index in [2.05, 4.69) is 14.8 Å². The highest BCUT2D eigenvalue weighted by atomic mass is 18.2. The van der Waals surface area contributed by atoms with Gasteiger partial charge in [-0.15, -0.1) is 0 Å². The highest BCUT2D eigenvalue weighted by Gasteiger charge is 1.87. The van der Waals surface area contributed by atoms with Crippen molar-refractivity contribution in [2.24, 2.45) is 0 Å². The van der Waals surface area contributed by atoms with Gasteiger partial charge in [-0.05, 0) is 0 Å². The summed E-state index contributed by atoms with van der Waals surface area (Å²) in [6.07, 6.45) is 0. The summed E-state index contributed by atoms with van der Waals surface area (Å²) in [7, 11) is 0. The molecular formula is C4H8F2O3. The van der Waals surface area contributed by atoms with Gasteiger partial charge in [0.1, 0.15) is 26.6 Å². The first-order valence-corrected chi connectivity index (χ1v) is 2.45. The normalized spacial score (nSPS) is 10.0. The van der Waals surface area contributed by atoms with Gasteiger partial charge in [-0.3, -0.25) is 0 Å². The van der Waals surface area contributed by atoms with Crippen molar-refractivity contribution in [1.82, 2.24) is 0 Å². The lowest BCUT2D eigenvalue weighted by molar-refractivity contribution is -0.512. The van der Waals surface area contributed by atoms with Gasteiger partial charge in [0, 0.05) is 0 Å². The first-order valence-electron chi connectivity index (χ1n) is 2.45. The highest BCUT2D eigenvalue weighted by molar-refractivity contribution is 4.13. The third-order valence-corrected chi connectivity index (χ3v) is 0.417. The van der Waals surface area contributed by atoms with Gasteiger partial charge in [0.15, 0.2) is 0 Å². The van der Waals surface area contributed by atoms with Gasteiger partial charge in [-0.2, -0.15) is 0 Å². The van der Waals surface area contributed by atoms with Crippen LogP contribution in [0.3, 0.4) is 0 Å². The Labute approximate surface area is 51.4 Å². The number of hydrogen-bond donors (Lipinski definition) is 0. The Balaban J connectivity index is 2.60. The Bertz CT molecular complexity index is 47.1. The molecule has 0 saturated carbocycles. The van der Waals surface area contributed by atoms with Gasteiger partial charge >= 0.3 is 0 Å². The van der Waals surface area contributed by atoms with E-state index in [1.165, 1.54) is 0 Å². The standard InChI is InChI=1S/C4H8F2O3/c5-1-3-7-9-8-4-2-6/h1-4H2/i5-1,6-1. The Morgan fingerprint density at radius 3 is 1.67 bits per heavy atom. The molecule has 0 aliphatic rings. The number of halogens is 2. The second kappa shape index (κ2) is 7.74. The highest BCUT2D eigenvalue weighted by Crippen LogP contribution is 1.81. The lowest BCUT2D eigenvalue weighted by Gasteiger charge is -1.96. The van der Waals surface area contributed by atoms with Crippen LogP contribution in [0.25, 0.3) is 0 Å². The van der Waals surface area contributed by atoms with E-state index in [4.69, 9.17) is 0 Å². The number of hydrogen-bond acceptors (Lipinski definition) is 3. The zero-order valence-corrected chi connectivity index (χ0v) is 4.81. The summed E-state index contributed by atoms with van der Waals surface area (Å²) in [6, 6.07) is 0. The van der Waals surface area contributed by atoms with Crippen LogP contribution >= 0.6 is 0 Å². The molecule has 0 rings (SSSR count). The van der Waals surface area contributed by atoms with Gasteiger partial charge in [-0.25, -0.2) is 18.6 Å². The SMILES string of the molecule is [18F]CCOOOCC[18F].